The second-order valence-corrected chi connectivity index (χ2v) is 0.542. The van der Waals surface area contributed by atoms with Gasteiger partial charge in [0.1, 0.15) is 0 Å². The van der Waals surface area contributed by atoms with Crippen molar-refractivity contribution in [3.63, 3.8) is 0 Å². The van der Waals surface area contributed by atoms with E-state index in [2.05, 4.69) is 0 Å². The number of carboxylic acids is 1. The highest BCUT2D eigenvalue weighted by Crippen LogP contribution is 1.65. The Kier molecular flexibility index (Phi) is 1.83. The van der Waals surface area contributed by atoms with Crippen LogP contribution in [-0.4, -0.2) is 11.1 Å². The number of aliphatic carboxylic acids is 1. The summed E-state index contributed by atoms with van der Waals surface area (Å²) in [6.07, 6.45) is 1.43. The Morgan fingerprint density at radius 2 is 2.33 bits per heavy atom. The van der Waals surface area contributed by atoms with Crippen molar-refractivity contribution >= 4 is 5.97 Å². The van der Waals surface area contributed by atoms with Crippen LogP contribution < -0.4 is 0 Å². The second-order valence-electron chi connectivity index (χ2n) is 0.542. The van der Waals surface area contributed by atoms with E-state index >= 15 is 0 Å². The Balaban J connectivity index is 3.13. The van der Waals surface area contributed by atoms with Crippen molar-refractivity contribution in [2.75, 3.05) is 0 Å². The molecule has 1 N–H and O–H groups in total. The molecule has 0 heterocycles. The first kappa shape index (κ1) is 4.96. The van der Waals surface area contributed by atoms with Gasteiger partial charge < -0.3 is 5.11 Å². The number of carboxylic acid groups (broad SMARTS) is 1. The van der Waals surface area contributed by atoms with Gasteiger partial charge in [-0.2, -0.15) is 5.26 Å². The van der Waals surface area contributed by atoms with E-state index in [0.29, 0.717) is 0 Å². The lowest BCUT2D eigenvalue weighted by Crippen LogP contribution is -1.90. The summed E-state index contributed by atoms with van der Waals surface area (Å²) in [5.41, 5.74) is 0. The zero-order valence-electron chi connectivity index (χ0n) is 2.80. The predicted molar refractivity (Wildman–Crippen MR) is 16.5 cm³/mol. The lowest BCUT2D eigenvalue weighted by atomic mass is 10.5. The zero-order valence-corrected chi connectivity index (χ0v) is 2.80. The van der Waals surface area contributed by atoms with Gasteiger partial charge in [-0.15, -0.1) is 0 Å². The molecular formula is C3HNO2. The summed E-state index contributed by atoms with van der Waals surface area (Å²) in [6.45, 7) is 0. The molecule has 0 aromatic carbocycles. The third-order valence-corrected chi connectivity index (χ3v) is 0.163. The molecule has 0 aliphatic carbocycles. The largest absolute Gasteiger partial charge is 0.480 e. The smallest absolute Gasteiger partial charge is 0.328 e. The Morgan fingerprint density at radius 3 is 2.33 bits per heavy atom. The fraction of sp³-hybridized carbons (Fsp3) is 0. The van der Waals surface area contributed by atoms with E-state index in [-0.39, 0.29) is 0 Å². The van der Waals surface area contributed by atoms with Crippen molar-refractivity contribution in [3.05, 3.63) is 6.42 Å². The SMILES string of the molecule is N#C[C]C(=O)O. The van der Waals surface area contributed by atoms with Crippen molar-refractivity contribution in [1.82, 2.24) is 0 Å². The molecule has 0 aliphatic heterocycles. The van der Waals surface area contributed by atoms with Crippen LogP contribution in [-0.2, 0) is 4.79 Å². The van der Waals surface area contributed by atoms with Gasteiger partial charge in [-0.25, -0.2) is 0 Å². The van der Waals surface area contributed by atoms with Crippen molar-refractivity contribution in [2.45, 2.75) is 0 Å². The van der Waals surface area contributed by atoms with Crippen molar-refractivity contribution in [2.24, 2.45) is 0 Å². The molecule has 3 heteroatoms. The quantitative estimate of drug-likeness (QED) is 0.472. The van der Waals surface area contributed by atoms with Crippen LogP contribution in [0.2, 0.25) is 0 Å². The number of hydrogen-bond donors (Lipinski definition) is 1. The zero-order chi connectivity index (χ0) is 4.99. The fourth-order valence-electron chi connectivity index (χ4n) is 0.0478. The van der Waals surface area contributed by atoms with E-state index in [1.807, 2.05) is 0 Å². The maximum absolute atomic E-state index is 9.27. The van der Waals surface area contributed by atoms with Crippen LogP contribution in [0.15, 0.2) is 0 Å². The molecule has 0 fully saturated rings. The lowest BCUT2D eigenvalue weighted by Gasteiger charge is -1.67. The Labute approximate surface area is 34.8 Å². The molecule has 0 amide bonds. The minimum atomic E-state index is -1.32. The molecule has 0 aromatic rings. The summed E-state index contributed by atoms with van der Waals surface area (Å²) < 4.78 is 0. The Bertz CT molecular complexity index is 91.5. The van der Waals surface area contributed by atoms with E-state index in [1.54, 1.807) is 0 Å². The first-order valence-corrected chi connectivity index (χ1v) is 1.15. The van der Waals surface area contributed by atoms with Crippen LogP contribution in [0.5, 0.6) is 0 Å². The highest BCUT2D eigenvalue weighted by atomic mass is 16.4. The lowest BCUT2D eigenvalue weighted by molar-refractivity contribution is -0.132. The first-order valence-electron chi connectivity index (χ1n) is 1.15. The highest BCUT2D eigenvalue weighted by molar-refractivity contribution is 5.79. The molecular weight excluding hydrogens is 82.0 g/mol. The highest BCUT2D eigenvalue weighted by Gasteiger charge is 1.90. The van der Waals surface area contributed by atoms with Crippen molar-refractivity contribution in [3.8, 4) is 6.07 Å². The van der Waals surface area contributed by atoms with Crippen molar-refractivity contribution < 1.29 is 9.90 Å². The van der Waals surface area contributed by atoms with Gasteiger partial charge in [0.2, 0.25) is 6.42 Å². The monoisotopic (exact) mass is 83.0 g/mol. The van der Waals surface area contributed by atoms with Crippen LogP contribution in [0.1, 0.15) is 0 Å². The third-order valence-electron chi connectivity index (χ3n) is 0.163. The molecule has 30 valence electrons. The average molecular weight is 83.0 g/mol. The topological polar surface area (TPSA) is 61.1 Å². The fourth-order valence-corrected chi connectivity index (χ4v) is 0.0478. The Morgan fingerprint density at radius 1 is 1.83 bits per heavy atom. The van der Waals surface area contributed by atoms with Gasteiger partial charge in [-0.1, -0.05) is 0 Å². The van der Waals surface area contributed by atoms with Gasteiger partial charge >= 0.3 is 5.97 Å². The standard InChI is InChI=1S/C3HNO2/c4-2-1-3(5)6/h(H,5,6). The summed E-state index contributed by atoms with van der Waals surface area (Å²) in [4.78, 5) is 9.27. The predicted octanol–water partition coefficient (Wildman–Crippen LogP) is -0.324. The van der Waals surface area contributed by atoms with Gasteiger partial charge in [-0.05, 0) is 0 Å². The molecule has 0 bridgehead atoms. The summed E-state index contributed by atoms with van der Waals surface area (Å²) in [6, 6.07) is 1.22. The third kappa shape index (κ3) is 2.96. The average Bonchev–Trinajstić information content (AvgIpc) is 1.35. The number of hydrogen-bond acceptors (Lipinski definition) is 2. The van der Waals surface area contributed by atoms with Gasteiger partial charge in [0.25, 0.3) is 0 Å². The number of nitriles is 1. The normalized spacial score (nSPS) is 6.50. The van der Waals surface area contributed by atoms with Crippen molar-refractivity contribution in [1.29, 1.82) is 5.26 Å². The van der Waals surface area contributed by atoms with E-state index in [0.717, 1.165) is 0 Å². The van der Waals surface area contributed by atoms with Crippen LogP contribution in [0.25, 0.3) is 0 Å². The summed E-state index contributed by atoms with van der Waals surface area (Å²) >= 11 is 0. The summed E-state index contributed by atoms with van der Waals surface area (Å²) in [5, 5.41) is 15.1. The number of carbonyl (C=O) groups is 1. The van der Waals surface area contributed by atoms with E-state index in [4.69, 9.17) is 10.4 Å². The summed E-state index contributed by atoms with van der Waals surface area (Å²) in [5.74, 6) is -1.32. The van der Waals surface area contributed by atoms with E-state index < -0.39 is 5.97 Å². The molecule has 0 aromatic heterocycles. The maximum atomic E-state index is 9.27. The molecule has 0 spiro atoms. The molecule has 0 aliphatic rings. The molecule has 0 saturated heterocycles. The molecule has 0 saturated carbocycles. The molecule has 0 atom stereocenters. The molecule has 0 rings (SSSR count). The van der Waals surface area contributed by atoms with Gasteiger partial charge in [0, 0.05) is 0 Å². The van der Waals surface area contributed by atoms with Gasteiger partial charge in [0.05, 0.1) is 6.07 Å². The summed E-state index contributed by atoms with van der Waals surface area (Å²) in [7, 11) is 0. The van der Waals surface area contributed by atoms with Gasteiger partial charge in [-0.3, -0.25) is 4.79 Å². The first-order chi connectivity index (χ1) is 2.77. The minimum Gasteiger partial charge on any atom is -0.480 e. The van der Waals surface area contributed by atoms with Gasteiger partial charge in [0.15, 0.2) is 0 Å². The van der Waals surface area contributed by atoms with E-state index in [1.165, 1.54) is 12.5 Å². The maximum Gasteiger partial charge on any atom is 0.328 e. The molecule has 6 heavy (non-hydrogen) atoms. The molecule has 3 nitrogen and oxygen atoms in total. The van der Waals surface area contributed by atoms with Crippen LogP contribution >= 0.6 is 0 Å². The number of rotatable bonds is 1. The minimum absolute atomic E-state index is 1.22. The van der Waals surface area contributed by atoms with Crippen LogP contribution in [0.3, 0.4) is 0 Å². The number of nitrogens with zero attached hydrogens (tertiary/aromatic N) is 1. The molecule has 0 unspecified atom stereocenters. The second kappa shape index (κ2) is 2.21. The van der Waals surface area contributed by atoms with Crippen LogP contribution in [0, 0.1) is 17.8 Å². The van der Waals surface area contributed by atoms with Crippen LogP contribution in [0.4, 0.5) is 0 Å². The Hall–Kier alpha value is -1.04. The molecule has 2 radical (unpaired) electrons. The van der Waals surface area contributed by atoms with E-state index in [9.17, 15) is 4.79 Å².